The first-order valence-corrected chi connectivity index (χ1v) is 10.6. The van der Waals surface area contributed by atoms with Crippen molar-refractivity contribution in [3.05, 3.63) is 0 Å². The van der Waals surface area contributed by atoms with Gasteiger partial charge in [0.25, 0.3) is 0 Å². The van der Waals surface area contributed by atoms with E-state index in [1.807, 2.05) is 34.6 Å². The predicted octanol–water partition coefficient (Wildman–Crippen LogP) is 3.39. The summed E-state index contributed by atoms with van der Waals surface area (Å²) < 4.78 is 10.8. The fourth-order valence-corrected chi connectivity index (χ4v) is 3.34. The molecule has 0 aromatic carbocycles. The van der Waals surface area contributed by atoms with Gasteiger partial charge in [-0.25, -0.2) is 4.79 Å². The fraction of sp³-hybridized carbons (Fsp3) is 0.905. The number of carbonyl (C=O) groups excluding carboxylic acids is 1. The quantitative estimate of drug-likeness (QED) is 0.335. The lowest BCUT2D eigenvalue weighted by Gasteiger charge is -2.42. The van der Waals surface area contributed by atoms with Crippen molar-refractivity contribution in [2.45, 2.75) is 78.4 Å². The van der Waals surface area contributed by atoms with Crippen LogP contribution in [-0.2, 0) is 9.47 Å². The van der Waals surface area contributed by atoms with Crippen LogP contribution < -0.4 is 10.6 Å². The van der Waals surface area contributed by atoms with Crippen LogP contribution in [0.5, 0.6) is 0 Å². The number of hydrogen-bond acceptors (Lipinski definition) is 4. The lowest BCUT2D eigenvalue weighted by molar-refractivity contribution is 0.0190. The van der Waals surface area contributed by atoms with Gasteiger partial charge in [0.15, 0.2) is 5.96 Å². The first kappa shape index (κ1) is 24.5. The highest BCUT2D eigenvalue weighted by Gasteiger charge is 2.36. The second kappa shape index (κ2) is 11.5. The summed E-state index contributed by atoms with van der Waals surface area (Å²) in [6, 6.07) is 0.103. The molecular formula is C21H42N4O3. The van der Waals surface area contributed by atoms with Gasteiger partial charge in [-0.1, -0.05) is 6.42 Å². The van der Waals surface area contributed by atoms with Crippen molar-refractivity contribution in [2.75, 3.05) is 40.4 Å². The van der Waals surface area contributed by atoms with Crippen LogP contribution in [0, 0.1) is 5.41 Å². The standard InChI is InChI=1S/C21H42N4O3/c1-17(2)25(19(26)28-20(3,4)5)14-9-13-23-18(22-6)24-16-21(10-8-11-21)12-15-27-7/h17H,8-16H2,1-7H3,(H2,22,23,24). The van der Waals surface area contributed by atoms with Gasteiger partial charge in [0, 0.05) is 46.4 Å². The van der Waals surface area contributed by atoms with Crippen LogP contribution in [0.4, 0.5) is 4.79 Å². The summed E-state index contributed by atoms with van der Waals surface area (Å²) in [5.41, 5.74) is -0.131. The number of nitrogens with one attached hydrogen (secondary N) is 2. The van der Waals surface area contributed by atoms with Gasteiger partial charge in [-0.15, -0.1) is 0 Å². The number of ether oxygens (including phenoxy) is 2. The predicted molar refractivity (Wildman–Crippen MR) is 115 cm³/mol. The van der Waals surface area contributed by atoms with E-state index in [1.54, 1.807) is 19.1 Å². The minimum absolute atomic E-state index is 0.103. The summed E-state index contributed by atoms with van der Waals surface area (Å²) in [4.78, 5) is 18.5. The monoisotopic (exact) mass is 398 g/mol. The van der Waals surface area contributed by atoms with Gasteiger partial charge >= 0.3 is 6.09 Å². The fourth-order valence-electron chi connectivity index (χ4n) is 3.34. The highest BCUT2D eigenvalue weighted by molar-refractivity contribution is 5.79. The third kappa shape index (κ3) is 8.67. The summed E-state index contributed by atoms with van der Waals surface area (Å²) >= 11 is 0. The Bertz CT molecular complexity index is 496. The number of rotatable bonds is 10. The van der Waals surface area contributed by atoms with Gasteiger partial charge in [0.05, 0.1) is 0 Å². The molecule has 2 N–H and O–H groups in total. The molecule has 7 nitrogen and oxygen atoms in total. The number of amides is 1. The molecule has 0 aromatic rings. The molecule has 0 radical (unpaired) electrons. The second-order valence-electron chi connectivity index (χ2n) is 9.07. The third-order valence-corrected chi connectivity index (χ3v) is 5.22. The summed E-state index contributed by atoms with van der Waals surface area (Å²) in [5, 5.41) is 6.82. The molecule has 1 fully saturated rings. The van der Waals surface area contributed by atoms with Gasteiger partial charge in [-0.2, -0.15) is 0 Å². The van der Waals surface area contributed by atoms with Gasteiger partial charge in [0.2, 0.25) is 0 Å². The molecule has 1 amide bonds. The van der Waals surface area contributed by atoms with Crippen LogP contribution in [0.1, 0.15) is 66.7 Å². The Hall–Kier alpha value is -1.50. The van der Waals surface area contributed by atoms with E-state index in [0.717, 1.165) is 38.5 Å². The van der Waals surface area contributed by atoms with Crippen molar-refractivity contribution in [3.8, 4) is 0 Å². The molecule has 1 saturated carbocycles. The number of nitrogens with zero attached hydrogens (tertiary/aromatic N) is 2. The van der Waals surface area contributed by atoms with E-state index in [0.29, 0.717) is 12.0 Å². The van der Waals surface area contributed by atoms with Crippen LogP contribution in [0.3, 0.4) is 0 Å². The molecular weight excluding hydrogens is 356 g/mol. The van der Waals surface area contributed by atoms with Crippen molar-refractivity contribution in [2.24, 2.45) is 10.4 Å². The maximum absolute atomic E-state index is 12.4. The van der Waals surface area contributed by atoms with Gasteiger partial charge < -0.3 is 25.0 Å². The largest absolute Gasteiger partial charge is 0.444 e. The molecule has 0 unspecified atom stereocenters. The first-order chi connectivity index (χ1) is 13.1. The summed E-state index contributed by atoms with van der Waals surface area (Å²) in [7, 11) is 3.55. The maximum atomic E-state index is 12.4. The first-order valence-electron chi connectivity index (χ1n) is 10.6. The van der Waals surface area contributed by atoms with Crippen molar-refractivity contribution in [1.29, 1.82) is 0 Å². The molecule has 0 atom stereocenters. The van der Waals surface area contributed by atoms with Crippen LogP contribution in [0.2, 0.25) is 0 Å². The SMILES string of the molecule is CN=C(NCCCN(C(=O)OC(C)(C)C)C(C)C)NCC1(CCOC)CCC1. The Morgan fingerprint density at radius 3 is 2.39 bits per heavy atom. The third-order valence-electron chi connectivity index (χ3n) is 5.22. The van der Waals surface area contributed by atoms with Gasteiger partial charge in [-0.3, -0.25) is 4.99 Å². The normalized spacial score (nSPS) is 16.5. The number of methoxy groups -OCH3 is 1. The van der Waals surface area contributed by atoms with Crippen molar-refractivity contribution >= 4 is 12.1 Å². The van der Waals surface area contributed by atoms with E-state index >= 15 is 0 Å². The van der Waals surface area contributed by atoms with Gasteiger partial charge in [0.1, 0.15) is 5.60 Å². The maximum Gasteiger partial charge on any atom is 0.410 e. The Morgan fingerprint density at radius 2 is 1.93 bits per heavy atom. The molecule has 0 heterocycles. The van der Waals surface area contributed by atoms with Crippen LogP contribution in [-0.4, -0.2) is 69.0 Å². The lowest BCUT2D eigenvalue weighted by atomic mass is 9.67. The van der Waals surface area contributed by atoms with Crippen molar-refractivity contribution in [1.82, 2.24) is 15.5 Å². The smallest absolute Gasteiger partial charge is 0.410 e. The highest BCUT2D eigenvalue weighted by atomic mass is 16.6. The summed E-state index contributed by atoms with van der Waals surface area (Å²) in [5.74, 6) is 0.817. The number of guanidine groups is 1. The van der Waals surface area contributed by atoms with E-state index in [2.05, 4.69) is 15.6 Å². The minimum atomic E-state index is -0.477. The van der Waals surface area contributed by atoms with E-state index in [1.165, 1.54) is 19.3 Å². The topological polar surface area (TPSA) is 75.2 Å². The Balaban J connectivity index is 2.38. The molecule has 1 aliphatic carbocycles. The van der Waals surface area contributed by atoms with Crippen molar-refractivity contribution < 1.29 is 14.3 Å². The second-order valence-corrected chi connectivity index (χ2v) is 9.07. The van der Waals surface area contributed by atoms with E-state index in [9.17, 15) is 4.79 Å². The minimum Gasteiger partial charge on any atom is -0.444 e. The number of carbonyl (C=O) groups is 1. The molecule has 164 valence electrons. The lowest BCUT2D eigenvalue weighted by Crippen LogP contribution is -2.47. The molecule has 0 aromatic heterocycles. The highest BCUT2D eigenvalue weighted by Crippen LogP contribution is 2.43. The van der Waals surface area contributed by atoms with E-state index in [4.69, 9.17) is 9.47 Å². The number of hydrogen-bond donors (Lipinski definition) is 2. The molecule has 0 aliphatic heterocycles. The summed E-state index contributed by atoms with van der Waals surface area (Å²) in [6.45, 7) is 12.8. The zero-order valence-corrected chi connectivity index (χ0v) is 19.1. The van der Waals surface area contributed by atoms with E-state index in [-0.39, 0.29) is 12.1 Å². The van der Waals surface area contributed by atoms with Crippen LogP contribution in [0.15, 0.2) is 4.99 Å². The average Bonchev–Trinajstić information content (AvgIpc) is 2.56. The zero-order chi connectivity index (χ0) is 21.2. The molecule has 0 saturated heterocycles. The molecule has 1 aliphatic rings. The van der Waals surface area contributed by atoms with Gasteiger partial charge in [-0.05, 0) is 65.7 Å². The molecule has 28 heavy (non-hydrogen) atoms. The van der Waals surface area contributed by atoms with Crippen LogP contribution in [0.25, 0.3) is 0 Å². The molecule has 7 heteroatoms. The molecule has 0 spiro atoms. The van der Waals surface area contributed by atoms with Crippen LogP contribution >= 0.6 is 0 Å². The van der Waals surface area contributed by atoms with E-state index < -0.39 is 5.60 Å². The zero-order valence-electron chi connectivity index (χ0n) is 19.1. The Labute approximate surface area is 171 Å². The Morgan fingerprint density at radius 1 is 1.25 bits per heavy atom. The Kier molecular flexibility index (Phi) is 10.1. The molecule has 1 rings (SSSR count). The summed E-state index contributed by atoms with van der Waals surface area (Å²) in [6.07, 6.45) is 5.46. The van der Waals surface area contributed by atoms with Crippen molar-refractivity contribution in [3.63, 3.8) is 0 Å². The number of aliphatic imine (C=N–C) groups is 1. The molecule has 0 bridgehead atoms. The average molecular weight is 399 g/mol.